The van der Waals surface area contributed by atoms with Gasteiger partial charge in [0.15, 0.2) is 11.6 Å². The smallest absolute Gasteiger partial charge is 0.263 e. The number of Topliss-reactive ketones (excluding diaryl/α,β-unsaturated/α-hetero) is 1. The Morgan fingerprint density at radius 1 is 1.30 bits per heavy atom. The standard InChI is InChI=1S/C13H15N3O3S/c1-3-11-8-13(15-14-11)16-20(18,19)12-6-4-10(5-7-12)9(2)17/h4-8H,3H2,1-2H3,(H2,14,15,16). The summed E-state index contributed by atoms with van der Waals surface area (Å²) < 4.78 is 26.6. The maximum absolute atomic E-state index is 12.1. The topological polar surface area (TPSA) is 91.9 Å². The summed E-state index contributed by atoms with van der Waals surface area (Å²) >= 11 is 0. The quantitative estimate of drug-likeness (QED) is 0.824. The van der Waals surface area contributed by atoms with Gasteiger partial charge in [-0.1, -0.05) is 19.1 Å². The number of benzene rings is 1. The van der Waals surface area contributed by atoms with Gasteiger partial charge in [0.25, 0.3) is 10.0 Å². The maximum Gasteiger partial charge on any atom is 0.263 e. The highest BCUT2D eigenvalue weighted by Gasteiger charge is 2.16. The third-order valence-electron chi connectivity index (χ3n) is 2.82. The van der Waals surface area contributed by atoms with E-state index in [0.717, 1.165) is 12.1 Å². The summed E-state index contributed by atoms with van der Waals surface area (Å²) in [6.45, 7) is 3.37. The molecule has 0 atom stereocenters. The first-order chi connectivity index (χ1) is 9.42. The second-order valence-electron chi connectivity index (χ2n) is 4.32. The number of rotatable bonds is 5. The molecule has 2 aromatic rings. The van der Waals surface area contributed by atoms with Gasteiger partial charge in [-0.05, 0) is 25.5 Å². The summed E-state index contributed by atoms with van der Waals surface area (Å²) in [6.07, 6.45) is 0.738. The molecule has 1 aromatic heterocycles. The minimum absolute atomic E-state index is 0.0866. The van der Waals surface area contributed by atoms with Crippen LogP contribution in [-0.2, 0) is 16.4 Å². The zero-order chi connectivity index (χ0) is 14.8. The molecule has 0 radical (unpaired) electrons. The van der Waals surface area contributed by atoms with Gasteiger partial charge in [0, 0.05) is 17.3 Å². The normalized spacial score (nSPS) is 11.3. The first kappa shape index (κ1) is 14.3. The van der Waals surface area contributed by atoms with Crippen molar-refractivity contribution in [3.63, 3.8) is 0 Å². The van der Waals surface area contributed by atoms with Crippen LogP contribution in [0.3, 0.4) is 0 Å². The fourth-order valence-electron chi connectivity index (χ4n) is 1.66. The van der Waals surface area contributed by atoms with Gasteiger partial charge in [-0.25, -0.2) is 8.42 Å². The number of ketones is 1. The van der Waals surface area contributed by atoms with Crippen LogP contribution in [0.15, 0.2) is 35.2 Å². The number of sulfonamides is 1. The van der Waals surface area contributed by atoms with Crippen molar-refractivity contribution in [1.29, 1.82) is 0 Å². The zero-order valence-electron chi connectivity index (χ0n) is 11.2. The number of H-pyrrole nitrogens is 1. The van der Waals surface area contributed by atoms with Gasteiger partial charge in [-0.15, -0.1) is 0 Å². The van der Waals surface area contributed by atoms with Crippen molar-refractivity contribution in [2.45, 2.75) is 25.2 Å². The van der Waals surface area contributed by atoms with Crippen LogP contribution in [0.5, 0.6) is 0 Å². The number of hydrogen-bond acceptors (Lipinski definition) is 4. The Hall–Kier alpha value is -2.15. The lowest BCUT2D eigenvalue weighted by Crippen LogP contribution is -2.13. The van der Waals surface area contributed by atoms with Gasteiger partial charge in [0.2, 0.25) is 0 Å². The number of carbonyl (C=O) groups is 1. The Balaban J connectivity index is 2.23. The molecule has 7 heteroatoms. The molecular weight excluding hydrogens is 278 g/mol. The molecular formula is C13H15N3O3S. The molecule has 2 rings (SSSR count). The van der Waals surface area contributed by atoms with E-state index in [1.54, 1.807) is 6.07 Å². The molecule has 0 saturated carbocycles. The lowest BCUT2D eigenvalue weighted by atomic mass is 10.2. The summed E-state index contributed by atoms with van der Waals surface area (Å²) in [5, 5.41) is 6.61. The van der Waals surface area contributed by atoms with Gasteiger partial charge in [-0.3, -0.25) is 14.6 Å². The third kappa shape index (κ3) is 3.05. The van der Waals surface area contributed by atoms with Crippen LogP contribution in [0, 0.1) is 0 Å². The summed E-state index contributed by atoms with van der Waals surface area (Å²) in [5.74, 6) is 0.138. The van der Waals surface area contributed by atoms with Crippen molar-refractivity contribution in [3.05, 3.63) is 41.6 Å². The van der Waals surface area contributed by atoms with Crippen molar-refractivity contribution in [1.82, 2.24) is 10.2 Å². The molecule has 0 bridgehead atoms. The molecule has 0 aliphatic rings. The van der Waals surface area contributed by atoms with Gasteiger partial charge >= 0.3 is 0 Å². The van der Waals surface area contributed by atoms with E-state index in [0.29, 0.717) is 5.56 Å². The number of carbonyl (C=O) groups excluding carboxylic acids is 1. The molecule has 0 fully saturated rings. The second-order valence-corrected chi connectivity index (χ2v) is 6.00. The van der Waals surface area contributed by atoms with E-state index in [4.69, 9.17) is 0 Å². The number of aromatic amines is 1. The maximum atomic E-state index is 12.1. The largest absolute Gasteiger partial charge is 0.295 e. The lowest BCUT2D eigenvalue weighted by molar-refractivity contribution is 0.101. The van der Waals surface area contributed by atoms with Crippen molar-refractivity contribution >= 4 is 21.6 Å². The van der Waals surface area contributed by atoms with E-state index in [9.17, 15) is 13.2 Å². The van der Waals surface area contributed by atoms with Crippen molar-refractivity contribution in [2.24, 2.45) is 0 Å². The Labute approximate surface area is 117 Å². The number of aryl methyl sites for hydroxylation is 1. The lowest BCUT2D eigenvalue weighted by Gasteiger charge is -2.05. The molecule has 106 valence electrons. The molecule has 0 aliphatic heterocycles. The average Bonchev–Trinajstić information content (AvgIpc) is 2.85. The van der Waals surface area contributed by atoms with Crippen molar-refractivity contribution in [2.75, 3.05) is 4.72 Å². The number of anilines is 1. The van der Waals surface area contributed by atoms with E-state index < -0.39 is 10.0 Å². The first-order valence-electron chi connectivity index (χ1n) is 6.10. The zero-order valence-corrected chi connectivity index (χ0v) is 12.0. The van der Waals surface area contributed by atoms with Crippen LogP contribution in [0.1, 0.15) is 29.9 Å². The molecule has 6 nitrogen and oxygen atoms in total. The average molecular weight is 293 g/mol. The SMILES string of the molecule is CCc1cc(NS(=O)(=O)c2ccc(C(C)=O)cc2)n[nH]1. The van der Waals surface area contributed by atoms with Crippen LogP contribution in [0.2, 0.25) is 0 Å². The Bertz CT molecular complexity index is 718. The summed E-state index contributed by atoms with van der Waals surface area (Å²) in [5.41, 5.74) is 1.31. The predicted molar refractivity (Wildman–Crippen MR) is 75.2 cm³/mol. The number of nitrogens with one attached hydrogen (secondary N) is 2. The molecule has 2 N–H and O–H groups in total. The van der Waals surface area contributed by atoms with E-state index in [-0.39, 0.29) is 16.5 Å². The van der Waals surface area contributed by atoms with Gasteiger partial charge in [0.1, 0.15) is 0 Å². The number of aromatic nitrogens is 2. The summed E-state index contributed by atoms with van der Waals surface area (Å²) in [6, 6.07) is 7.40. The van der Waals surface area contributed by atoms with Crippen LogP contribution < -0.4 is 4.72 Å². The summed E-state index contributed by atoms with van der Waals surface area (Å²) in [4.78, 5) is 11.2. The Morgan fingerprint density at radius 2 is 1.95 bits per heavy atom. The van der Waals surface area contributed by atoms with Gasteiger partial charge < -0.3 is 0 Å². The monoisotopic (exact) mass is 293 g/mol. The second kappa shape index (κ2) is 5.46. The molecule has 0 spiro atoms. The van der Waals surface area contributed by atoms with Crippen molar-refractivity contribution in [3.8, 4) is 0 Å². The fraction of sp³-hybridized carbons (Fsp3) is 0.231. The van der Waals surface area contributed by atoms with E-state index in [1.807, 2.05) is 6.92 Å². The molecule has 0 unspecified atom stereocenters. The molecule has 1 aromatic carbocycles. The van der Waals surface area contributed by atoms with Crippen LogP contribution in [0.25, 0.3) is 0 Å². The highest BCUT2D eigenvalue weighted by atomic mass is 32.2. The molecule has 1 heterocycles. The molecule has 0 amide bonds. The summed E-state index contributed by atoms with van der Waals surface area (Å²) in [7, 11) is -3.69. The fourth-order valence-corrected chi connectivity index (χ4v) is 2.65. The van der Waals surface area contributed by atoms with Crippen LogP contribution >= 0.6 is 0 Å². The van der Waals surface area contributed by atoms with Crippen LogP contribution in [-0.4, -0.2) is 24.4 Å². The van der Waals surface area contributed by atoms with Crippen LogP contribution in [0.4, 0.5) is 5.82 Å². The molecule has 0 aliphatic carbocycles. The third-order valence-corrected chi connectivity index (χ3v) is 4.19. The Kier molecular flexibility index (Phi) is 3.89. The predicted octanol–water partition coefficient (Wildman–Crippen LogP) is 1.98. The number of hydrogen-bond donors (Lipinski definition) is 2. The minimum atomic E-state index is -3.69. The Morgan fingerprint density at radius 3 is 2.45 bits per heavy atom. The van der Waals surface area contributed by atoms with E-state index in [1.165, 1.54) is 31.2 Å². The van der Waals surface area contributed by atoms with Gasteiger partial charge in [0.05, 0.1) is 4.90 Å². The highest BCUT2D eigenvalue weighted by molar-refractivity contribution is 7.92. The van der Waals surface area contributed by atoms with E-state index in [2.05, 4.69) is 14.9 Å². The van der Waals surface area contributed by atoms with Gasteiger partial charge in [-0.2, -0.15) is 5.10 Å². The first-order valence-corrected chi connectivity index (χ1v) is 7.59. The van der Waals surface area contributed by atoms with E-state index >= 15 is 0 Å². The minimum Gasteiger partial charge on any atom is -0.295 e. The molecule has 0 saturated heterocycles. The highest BCUT2D eigenvalue weighted by Crippen LogP contribution is 2.16. The molecule has 20 heavy (non-hydrogen) atoms. The number of nitrogens with zero attached hydrogens (tertiary/aromatic N) is 1. The van der Waals surface area contributed by atoms with Crippen molar-refractivity contribution < 1.29 is 13.2 Å².